The number of aryl methyl sites for hydroxylation is 1. The SMILES string of the molecule is CC(=O)Nc1ccc(-c2cccc(-c3cc(N4CCNCC4)no3)c2O)cc1C. The van der Waals surface area contributed by atoms with Gasteiger partial charge in [0.25, 0.3) is 0 Å². The zero-order valence-corrected chi connectivity index (χ0v) is 16.5. The van der Waals surface area contributed by atoms with Crippen molar-refractivity contribution in [3.05, 3.63) is 48.0 Å². The highest BCUT2D eigenvalue weighted by Crippen LogP contribution is 2.39. The van der Waals surface area contributed by atoms with Crippen molar-refractivity contribution in [2.24, 2.45) is 0 Å². The Labute approximate surface area is 169 Å². The number of carbonyl (C=O) groups excluding carboxylic acids is 1. The van der Waals surface area contributed by atoms with Crippen molar-refractivity contribution in [1.29, 1.82) is 0 Å². The molecule has 1 amide bonds. The number of aromatic hydroxyl groups is 1. The minimum atomic E-state index is -0.115. The van der Waals surface area contributed by atoms with E-state index in [1.807, 2.05) is 49.4 Å². The number of benzene rings is 2. The molecule has 0 bridgehead atoms. The maximum absolute atomic E-state index is 11.3. The molecule has 0 saturated carbocycles. The highest BCUT2D eigenvalue weighted by Gasteiger charge is 2.19. The van der Waals surface area contributed by atoms with Crippen LogP contribution in [0.5, 0.6) is 5.75 Å². The van der Waals surface area contributed by atoms with E-state index in [1.54, 1.807) is 0 Å². The van der Waals surface area contributed by atoms with E-state index in [1.165, 1.54) is 6.92 Å². The summed E-state index contributed by atoms with van der Waals surface area (Å²) in [5.74, 6) is 1.34. The van der Waals surface area contributed by atoms with Gasteiger partial charge in [0.15, 0.2) is 11.6 Å². The van der Waals surface area contributed by atoms with Gasteiger partial charge < -0.3 is 25.2 Å². The molecule has 2 aromatic carbocycles. The van der Waals surface area contributed by atoms with Crippen LogP contribution in [0.3, 0.4) is 0 Å². The quantitative estimate of drug-likeness (QED) is 0.631. The maximum Gasteiger partial charge on any atom is 0.221 e. The van der Waals surface area contributed by atoms with Gasteiger partial charge in [0, 0.05) is 50.4 Å². The van der Waals surface area contributed by atoms with Gasteiger partial charge in [0.05, 0.1) is 5.56 Å². The number of aromatic nitrogens is 1. The molecule has 0 unspecified atom stereocenters. The molecular formula is C22H24N4O3. The molecule has 7 heteroatoms. The Kier molecular flexibility index (Phi) is 5.22. The first kappa shape index (κ1) is 19.0. The summed E-state index contributed by atoms with van der Waals surface area (Å²) in [5, 5.41) is 21.2. The maximum atomic E-state index is 11.3. The molecule has 0 aliphatic carbocycles. The molecule has 1 aliphatic heterocycles. The van der Waals surface area contributed by atoms with Crippen LogP contribution < -0.4 is 15.5 Å². The number of nitrogens with zero attached hydrogens (tertiary/aromatic N) is 2. The number of phenolic OH excluding ortho intramolecular Hbond substituents is 1. The summed E-state index contributed by atoms with van der Waals surface area (Å²) in [5.41, 5.74) is 3.83. The van der Waals surface area contributed by atoms with Crippen molar-refractivity contribution >= 4 is 17.4 Å². The van der Waals surface area contributed by atoms with E-state index in [0.717, 1.165) is 48.8 Å². The lowest BCUT2D eigenvalue weighted by Crippen LogP contribution is -2.43. The summed E-state index contributed by atoms with van der Waals surface area (Å²) < 4.78 is 5.54. The van der Waals surface area contributed by atoms with Crippen LogP contribution >= 0.6 is 0 Å². The molecule has 3 aromatic rings. The molecule has 1 saturated heterocycles. The molecule has 2 heterocycles. The molecule has 0 spiro atoms. The van der Waals surface area contributed by atoms with Crippen LogP contribution in [0, 0.1) is 6.92 Å². The highest BCUT2D eigenvalue weighted by atomic mass is 16.5. The molecule has 3 N–H and O–H groups in total. The summed E-state index contributed by atoms with van der Waals surface area (Å²) in [7, 11) is 0. The Balaban J connectivity index is 1.65. The van der Waals surface area contributed by atoms with E-state index in [-0.39, 0.29) is 11.7 Å². The minimum Gasteiger partial charge on any atom is -0.507 e. The Morgan fingerprint density at radius 3 is 2.66 bits per heavy atom. The first-order chi connectivity index (χ1) is 14.0. The minimum absolute atomic E-state index is 0.115. The number of carbonyl (C=O) groups is 1. The number of hydrogen-bond donors (Lipinski definition) is 3. The van der Waals surface area contributed by atoms with Gasteiger partial charge in [-0.1, -0.05) is 23.4 Å². The molecule has 1 fully saturated rings. The van der Waals surface area contributed by atoms with Crippen LogP contribution in [0.1, 0.15) is 12.5 Å². The average molecular weight is 392 g/mol. The fraction of sp³-hybridized carbons (Fsp3) is 0.273. The Morgan fingerprint density at radius 2 is 1.93 bits per heavy atom. The first-order valence-corrected chi connectivity index (χ1v) is 9.66. The number of phenols is 1. The van der Waals surface area contributed by atoms with E-state index in [2.05, 4.69) is 20.7 Å². The Bertz CT molecular complexity index is 1040. The van der Waals surface area contributed by atoms with Crippen LogP contribution in [-0.4, -0.2) is 42.3 Å². The number of para-hydroxylation sites is 1. The molecule has 7 nitrogen and oxygen atoms in total. The Hall–Kier alpha value is -3.32. The summed E-state index contributed by atoms with van der Waals surface area (Å²) >= 11 is 0. The van der Waals surface area contributed by atoms with E-state index in [4.69, 9.17) is 4.52 Å². The van der Waals surface area contributed by atoms with Crippen LogP contribution in [-0.2, 0) is 4.79 Å². The van der Waals surface area contributed by atoms with E-state index < -0.39 is 0 Å². The molecule has 0 radical (unpaired) electrons. The zero-order chi connectivity index (χ0) is 20.4. The van der Waals surface area contributed by atoms with Crippen molar-refractivity contribution in [3.8, 4) is 28.2 Å². The fourth-order valence-corrected chi connectivity index (χ4v) is 3.57. The lowest BCUT2D eigenvalue weighted by atomic mass is 9.98. The lowest BCUT2D eigenvalue weighted by molar-refractivity contribution is -0.114. The van der Waals surface area contributed by atoms with Gasteiger partial charge in [0.2, 0.25) is 5.91 Å². The van der Waals surface area contributed by atoms with Crippen LogP contribution in [0.4, 0.5) is 11.5 Å². The largest absolute Gasteiger partial charge is 0.507 e. The van der Waals surface area contributed by atoms with E-state index >= 15 is 0 Å². The van der Waals surface area contributed by atoms with E-state index in [9.17, 15) is 9.90 Å². The van der Waals surface area contributed by atoms with Gasteiger partial charge in [-0.2, -0.15) is 0 Å². The van der Waals surface area contributed by atoms with Gasteiger partial charge in [-0.3, -0.25) is 4.79 Å². The van der Waals surface area contributed by atoms with Gasteiger partial charge in [-0.25, -0.2) is 0 Å². The normalized spacial score (nSPS) is 14.1. The third-order valence-electron chi connectivity index (χ3n) is 5.09. The summed E-state index contributed by atoms with van der Waals surface area (Å²) in [6, 6.07) is 13.1. The Morgan fingerprint density at radius 1 is 1.17 bits per heavy atom. The zero-order valence-electron chi connectivity index (χ0n) is 16.5. The number of anilines is 2. The predicted octanol–water partition coefficient (Wildman–Crippen LogP) is 3.39. The molecular weight excluding hydrogens is 368 g/mol. The second-order valence-corrected chi connectivity index (χ2v) is 7.20. The van der Waals surface area contributed by atoms with Gasteiger partial charge >= 0.3 is 0 Å². The summed E-state index contributed by atoms with van der Waals surface area (Å²) in [4.78, 5) is 13.5. The molecule has 1 aromatic heterocycles. The second-order valence-electron chi connectivity index (χ2n) is 7.20. The number of rotatable bonds is 4. The number of piperazine rings is 1. The van der Waals surface area contributed by atoms with Gasteiger partial charge in [0.1, 0.15) is 5.75 Å². The number of nitrogens with one attached hydrogen (secondary N) is 2. The third-order valence-corrected chi connectivity index (χ3v) is 5.09. The number of amides is 1. The highest BCUT2D eigenvalue weighted by molar-refractivity contribution is 5.90. The van der Waals surface area contributed by atoms with Crippen molar-refractivity contribution in [2.45, 2.75) is 13.8 Å². The van der Waals surface area contributed by atoms with Crippen LogP contribution in [0.25, 0.3) is 22.5 Å². The first-order valence-electron chi connectivity index (χ1n) is 9.66. The van der Waals surface area contributed by atoms with Gasteiger partial charge in [-0.15, -0.1) is 0 Å². The predicted molar refractivity (Wildman–Crippen MR) is 113 cm³/mol. The average Bonchev–Trinajstić information content (AvgIpc) is 3.20. The van der Waals surface area contributed by atoms with Crippen LogP contribution in [0.15, 0.2) is 47.0 Å². The number of hydrogen-bond acceptors (Lipinski definition) is 6. The summed E-state index contributed by atoms with van der Waals surface area (Å²) in [6.45, 7) is 6.98. The van der Waals surface area contributed by atoms with Crippen molar-refractivity contribution in [2.75, 3.05) is 36.4 Å². The standard InChI is InChI=1S/C22H24N4O3/c1-14-12-16(6-7-19(14)24-15(2)27)17-4-3-5-18(22(17)28)20-13-21(25-29-20)26-10-8-23-9-11-26/h3-7,12-13,23,28H,8-11H2,1-2H3,(H,24,27). The molecule has 0 atom stereocenters. The monoisotopic (exact) mass is 392 g/mol. The second kappa shape index (κ2) is 7.97. The molecule has 150 valence electrons. The smallest absolute Gasteiger partial charge is 0.221 e. The van der Waals surface area contributed by atoms with Crippen molar-refractivity contribution in [3.63, 3.8) is 0 Å². The van der Waals surface area contributed by atoms with Gasteiger partial charge in [-0.05, 0) is 36.2 Å². The summed E-state index contributed by atoms with van der Waals surface area (Å²) in [6.07, 6.45) is 0. The molecule has 1 aliphatic rings. The third kappa shape index (κ3) is 3.95. The molecule has 4 rings (SSSR count). The van der Waals surface area contributed by atoms with Crippen molar-refractivity contribution in [1.82, 2.24) is 10.5 Å². The lowest BCUT2D eigenvalue weighted by Gasteiger charge is -2.26. The van der Waals surface area contributed by atoms with Crippen LogP contribution in [0.2, 0.25) is 0 Å². The van der Waals surface area contributed by atoms with E-state index in [0.29, 0.717) is 16.9 Å². The molecule has 29 heavy (non-hydrogen) atoms. The topological polar surface area (TPSA) is 90.6 Å². The fourth-order valence-electron chi connectivity index (χ4n) is 3.57. The van der Waals surface area contributed by atoms with Crippen molar-refractivity contribution < 1.29 is 14.4 Å².